The van der Waals surface area contributed by atoms with Crippen LogP contribution < -0.4 is 0 Å². The van der Waals surface area contributed by atoms with Gasteiger partial charge in [0.05, 0.1) is 6.42 Å². The van der Waals surface area contributed by atoms with Crippen molar-refractivity contribution in [1.29, 1.82) is 0 Å². The molecular formula is C9H12O2. The molecule has 0 aromatic rings. The molecule has 60 valence electrons. The van der Waals surface area contributed by atoms with Crippen LogP contribution in [0.2, 0.25) is 0 Å². The summed E-state index contributed by atoms with van der Waals surface area (Å²) in [5.41, 5.74) is 0. The quantitative estimate of drug-likeness (QED) is 0.490. The van der Waals surface area contributed by atoms with Crippen molar-refractivity contribution in [3.8, 4) is 0 Å². The average molecular weight is 152 g/mol. The van der Waals surface area contributed by atoms with Crippen LogP contribution >= 0.6 is 0 Å². The molecule has 2 bridgehead atoms. The molecule has 2 heteroatoms. The molecule has 3 fully saturated rings. The fourth-order valence-corrected chi connectivity index (χ4v) is 3.22. The third-order valence-electron chi connectivity index (χ3n) is 3.68. The second-order valence-electron chi connectivity index (χ2n) is 4.16. The Morgan fingerprint density at radius 1 is 1.27 bits per heavy atom. The molecule has 1 aliphatic heterocycles. The van der Waals surface area contributed by atoms with Crippen molar-refractivity contribution < 1.29 is 9.53 Å². The Labute approximate surface area is 65.9 Å². The lowest BCUT2D eigenvalue weighted by Crippen LogP contribution is -2.23. The molecule has 4 atom stereocenters. The van der Waals surface area contributed by atoms with Crippen molar-refractivity contribution in [1.82, 2.24) is 0 Å². The fourth-order valence-electron chi connectivity index (χ4n) is 3.22. The summed E-state index contributed by atoms with van der Waals surface area (Å²) < 4.78 is 5.28. The van der Waals surface area contributed by atoms with Crippen molar-refractivity contribution in [3.05, 3.63) is 0 Å². The van der Waals surface area contributed by atoms with Crippen molar-refractivity contribution in [3.63, 3.8) is 0 Å². The molecule has 1 saturated heterocycles. The van der Waals surface area contributed by atoms with Gasteiger partial charge in [-0.15, -0.1) is 0 Å². The smallest absolute Gasteiger partial charge is 0.306 e. The van der Waals surface area contributed by atoms with Crippen LogP contribution in [-0.4, -0.2) is 12.1 Å². The van der Waals surface area contributed by atoms with E-state index < -0.39 is 0 Å². The molecule has 11 heavy (non-hydrogen) atoms. The minimum Gasteiger partial charge on any atom is -0.462 e. The maximum absolute atomic E-state index is 11.0. The lowest BCUT2D eigenvalue weighted by Gasteiger charge is -2.21. The first kappa shape index (κ1) is 6.04. The summed E-state index contributed by atoms with van der Waals surface area (Å²) in [4.78, 5) is 11.0. The summed E-state index contributed by atoms with van der Waals surface area (Å²) in [5.74, 6) is 2.23. The van der Waals surface area contributed by atoms with E-state index in [1.807, 2.05) is 0 Å². The van der Waals surface area contributed by atoms with Crippen molar-refractivity contribution in [2.75, 3.05) is 0 Å². The van der Waals surface area contributed by atoms with Gasteiger partial charge in [0.1, 0.15) is 6.10 Å². The van der Waals surface area contributed by atoms with Gasteiger partial charge in [0.15, 0.2) is 0 Å². The zero-order valence-corrected chi connectivity index (χ0v) is 6.45. The van der Waals surface area contributed by atoms with Crippen LogP contribution in [0.15, 0.2) is 0 Å². The van der Waals surface area contributed by atoms with Crippen LogP contribution in [-0.2, 0) is 9.53 Å². The van der Waals surface area contributed by atoms with E-state index in [1.54, 1.807) is 0 Å². The summed E-state index contributed by atoms with van der Waals surface area (Å²) >= 11 is 0. The summed E-state index contributed by atoms with van der Waals surface area (Å²) in [5, 5.41) is 0. The molecule has 0 radical (unpaired) electrons. The Balaban J connectivity index is 1.92. The predicted molar refractivity (Wildman–Crippen MR) is 38.8 cm³/mol. The highest BCUT2D eigenvalue weighted by Crippen LogP contribution is 2.53. The predicted octanol–water partition coefficient (Wildman–Crippen LogP) is 1.35. The van der Waals surface area contributed by atoms with E-state index in [-0.39, 0.29) is 5.97 Å². The highest BCUT2D eigenvalue weighted by molar-refractivity contribution is 5.72. The van der Waals surface area contributed by atoms with Crippen LogP contribution in [0.5, 0.6) is 0 Å². The van der Waals surface area contributed by atoms with Gasteiger partial charge in [-0.1, -0.05) is 0 Å². The lowest BCUT2D eigenvalue weighted by atomic mass is 9.86. The van der Waals surface area contributed by atoms with Crippen LogP contribution in [0.25, 0.3) is 0 Å². The number of carbonyl (C=O) groups excluding carboxylic acids is 1. The van der Waals surface area contributed by atoms with Gasteiger partial charge < -0.3 is 4.74 Å². The van der Waals surface area contributed by atoms with Gasteiger partial charge in [-0.2, -0.15) is 0 Å². The normalized spacial score (nSPS) is 52.9. The van der Waals surface area contributed by atoms with Crippen LogP contribution in [0.3, 0.4) is 0 Å². The lowest BCUT2D eigenvalue weighted by molar-refractivity contribution is -0.143. The standard InChI is InChI=1S/C9H12O2/c10-8-4-7-5-1-2-6(3-5)9(7)11-8/h5-7,9H,1-4H2. The van der Waals surface area contributed by atoms with Crippen LogP contribution in [0, 0.1) is 17.8 Å². The van der Waals surface area contributed by atoms with Gasteiger partial charge in [0.25, 0.3) is 0 Å². The SMILES string of the molecule is O=C1CC2C3CCC(C3)C2O1. The van der Waals surface area contributed by atoms with E-state index in [0.717, 1.165) is 11.8 Å². The maximum Gasteiger partial charge on any atom is 0.306 e. The first-order valence-corrected chi connectivity index (χ1v) is 4.54. The number of hydrogen-bond acceptors (Lipinski definition) is 2. The Bertz CT molecular complexity index is 192. The van der Waals surface area contributed by atoms with E-state index in [0.29, 0.717) is 18.4 Å². The summed E-state index contributed by atoms with van der Waals surface area (Å²) in [7, 11) is 0. The molecule has 0 N–H and O–H groups in total. The number of fused-ring (bicyclic) bond motifs is 5. The molecule has 2 nitrogen and oxygen atoms in total. The van der Waals surface area contributed by atoms with Crippen molar-refractivity contribution in [2.45, 2.75) is 31.8 Å². The Hall–Kier alpha value is -0.530. The molecule has 4 unspecified atom stereocenters. The third-order valence-corrected chi connectivity index (χ3v) is 3.68. The van der Waals surface area contributed by atoms with Gasteiger partial charge in [0.2, 0.25) is 0 Å². The van der Waals surface area contributed by atoms with Crippen molar-refractivity contribution in [2.24, 2.45) is 17.8 Å². The van der Waals surface area contributed by atoms with Gasteiger partial charge in [-0.3, -0.25) is 4.79 Å². The molecule has 2 aliphatic carbocycles. The largest absolute Gasteiger partial charge is 0.462 e. The zero-order chi connectivity index (χ0) is 7.42. The summed E-state index contributed by atoms with van der Waals surface area (Å²) in [6.07, 6.45) is 5.04. The molecular weight excluding hydrogens is 140 g/mol. The monoisotopic (exact) mass is 152 g/mol. The Morgan fingerprint density at radius 2 is 2.09 bits per heavy atom. The molecule has 0 aromatic heterocycles. The minimum absolute atomic E-state index is 0.0524. The van der Waals surface area contributed by atoms with Gasteiger partial charge in [-0.25, -0.2) is 0 Å². The Kier molecular flexibility index (Phi) is 0.984. The van der Waals surface area contributed by atoms with E-state index in [1.165, 1.54) is 19.3 Å². The number of carbonyl (C=O) groups is 1. The van der Waals surface area contributed by atoms with Gasteiger partial charge >= 0.3 is 5.97 Å². The number of ether oxygens (including phenoxy) is 1. The Morgan fingerprint density at radius 3 is 2.91 bits per heavy atom. The van der Waals surface area contributed by atoms with E-state index in [4.69, 9.17) is 4.74 Å². The first-order valence-electron chi connectivity index (χ1n) is 4.54. The zero-order valence-electron chi connectivity index (χ0n) is 6.45. The number of hydrogen-bond donors (Lipinski definition) is 0. The van der Waals surface area contributed by atoms with Crippen molar-refractivity contribution >= 4 is 5.97 Å². The van der Waals surface area contributed by atoms with Crippen LogP contribution in [0.1, 0.15) is 25.7 Å². The average Bonchev–Trinajstić information content (AvgIpc) is 2.53. The fraction of sp³-hybridized carbons (Fsp3) is 0.889. The molecule has 0 aromatic carbocycles. The molecule has 2 saturated carbocycles. The third kappa shape index (κ3) is 0.652. The van der Waals surface area contributed by atoms with E-state index >= 15 is 0 Å². The molecule has 0 spiro atoms. The minimum atomic E-state index is 0.0524. The molecule has 3 rings (SSSR count). The summed E-state index contributed by atoms with van der Waals surface area (Å²) in [6, 6.07) is 0. The van der Waals surface area contributed by atoms with Crippen LogP contribution in [0.4, 0.5) is 0 Å². The molecule has 3 aliphatic rings. The highest BCUT2D eigenvalue weighted by atomic mass is 16.6. The van der Waals surface area contributed by atoms with E-state index in [2.05, 4.69) is 0 Å². The second-order valence-corrected chi connectivity index (χ2v) is 4.16. The van der Waals surface area contributed by atoms with Gasteiger partial charge in [-0.05, 0) is 31.1 Å². The number of rotatable bonds is 0. The molecule has 1 heterocycles. The summed E-state index contributed by atoms with van der Waals surface area (Å²) in [6.45, 7) is 0. The molecule has 0 amide bonds. The van der Waals surface area contributed by atoms with Gasteiger partial charge in [0, 0.05) is 5.92 Å². The first-order chi connectivity index (χ1) is 5.34. The van der Waals surface area contributed by atoms with E-state index in [9.17, 15) is 4.79 Å². The maximum atomic E-state index is 11.0. The highest BCUT2D eigenvalue weighted by Gasteiger charge is 2.53. The second kappa shape index (κ2) is 1.79. The number of esters is 1. The topological polar surface area (TPSA) is 26.3 Å².